The molecule has 5 atom stereocenters. The summed E-state index contributed by atoms with van der Waals surface area (Å²) in [6.07, 6.45) is 3.47. The monoisotopic (exact) mass is 401 g/mol. The van der Waals surface area contributed by atoms with Crippen molar-refractivity contribution in [2.45, 2.75) is 51.2 Å². The average molecular weight is 402 g/mol. The van der Waals surface area contributed by atoms with Gasteiger partial charge in [-0.1, -0.05) is 24.6 Å². The van der Waals surface area contributed by atoms with Crippen LogP contribution in [0.3, 0.4) is 0 Å². The molecule has 0 radical (unpaired) electrons. The molecule has 0 aliphatic carbocycles. The summed E-state index contributed by atoms with van der Waals surface area (Å²) in [6.45, 7) is 5.85. The van der Waals surface area contributed by atoms with Crippen LogP contribution in [-0.2, 0) is 19.9 Å². The molecule has 0 saturated carbocycles. The Morgan fingerprint density at radius 1 is 1.25 bits per heavy atom. The number of nitrogens with one attached hydrogen (secondary N) is 2. The van der Waals surface area contributed by atoms with Gasteiger partial charge in [0.25, 0.3) is 0 Å². The quantitative estimate of drug-likeness (QED) is 0.740. The van der Waals surface area contributed by atoms with Crippen LogP contribution in [0.2, 0.25) is 0 Å². The predicted octanol–water partition coefficient (Wildman–Crippen LogP) is 2.27. The maximum atomic E-state index is 13.5. The Morgan fingerprint density at radius 3 is 2.68 bits per heavy atom. The number of carbonyl (C=O) groups excluding carboxylic acids is 3. The second-order valence-electron chi connectivity index (χ2n) is 8.15. The van der Waals surface area contributed by atoms with Crippen molar-refractivity contribution < 1.29 is 14.4 Å². The zero-order chi connectivity index (χ0) is 20.2. The third kappa shape index (κ3) is 2.48. The Kier molecular flexibility index (Phi) is 4.78. The second kappa shape index (κ2) is 6.88. The molecule has 28 heavy (non-hydrogen) atoms. The zero-order valence-corrected chi connectivity index (χ0v) is 17.6. The largest absolute Gasteiger partial charge is 0.324 e. The fraction of sp³-hybridized carbons (Fsp3) is 0.571. The van der Waals surface area contributed by atoms with Gasteiger partial charge in [-0.15, -0.1) is 0 Å². The van der Waals surface area contributed by atoms with Crippen LogP contribution in [0.1, 0.15) is 37.8 Å². The van der Waals surface area contributed by atoms with Crippen molar-refractivity contribution in [3.63, 3.8) is 0 Å². The number of amides is 3. The first-order valence-electron chi connectivity index (χ1n) is 9.93. The number of carbonyl (C=O) groups is 3. The first-order chi connectivity index (χ1) is 13.4. The standard InChI is InChI=1S/C21H27N3O3S/c1-5-12(3)24-18(25)16-15(8-9-28-4)23-21(17(16)19(24)26)13-10-11(2)6-7-14(13)22-20(21)27/h6-7,10,12,15-17,23H,5,8-9H2,1-4H3,(H,22,27). The van der Waals surface area contributed by atoms with E-state index in [-0.39, 0.29) is 29.8 Å². The SMILES string of the molecule is CCC(C)N1C(=O)C2C(CCSC)NC3(C(=O)Nc4ccc(C)cc43)C2C1=O. The molecule has 1 spiro atoms. The summed E-state index contributed by atoms with van der Waals surface area (Å²) in [6, 6.07) is 5.45. The van der Waals surface area contributed by atoms with Crippen molar-refractivity contribution >= 4 is 35.2 Å². The lowest BCUT2D eigenvalue weighted by Gasteiger charge is -2.31. The molecule has 3 amide bonds. The number of fused-ring (bicyclic) bond motifs is 4. The molecule has 0 bridgehead atoms. The van der Waals surface area contributed by atoms with Gasteiger partial charge in [-0.3, -0.25) is 24.6 Å². The lowest BCUT2D eigenvalue weighted by atomic mass is 9.76. The van der Waals surface area contributed by atoms with Gasteiger partial charge in [0.15, 0.2) is 0 Å². The average Bonchev–Trinajstić information content (AvgIpc) is 3.25. The van der Waals surface area contributed by atoms with E-state index in [9.17, 15) is 14.4 Å². The molecule has 6 nitrogen and oxygen atoms in total. The van der Waals surface area contributed by atoms with E-state index in [1.54, 1.807) is 11.8 Å². The minimum atomic E-state index is -1.16. The summed E-state index contributed by atoms with van der Waals surface area (Å²) in [5.74, 6) is -0.886. The number of hydrogen-bond acceptors (Lipinski definition) is 5. The van der Waals surface area contributed by atoms with Gasteiger partial charge in [0.2, 0.25) is 17.7 Å². The highest BCUT2D eigenvalue weighted by atomic mass is 32.2. The van der Waals surface area contributed by atoms with Gasteiger partial charge in [-0.05, 0) is 44.8 Å². The summed E-state index contributed by atoms with van der Waals surface area (Å²) >= 11 is 1.71. The second-order valence-corrected chi connectivity index (χ2v) is 9.14. The predicted molar refractivity (Wildman–Crippen MR) is 110 cm³/mol. The maximum absolute atomic E-state index is 13.5. The smallest absolute Gasteiger partial charge is 0.250 e. The highest BCUT2D eigenvalue weighted by Gasteiger charge is 2.70. The third-order valence-electron chi connectivity index (χ3n) is 6.57. The number of rotatable bonds is 5. The van der Waals surface area contributed by atoms with Crippen LogP contribution < -0.4 is 10.6 Å². The van der Waals surface area contributed by atoms with Crippen molar-refractivity contribution in [3.05, 3.63) is 29.3 Å². The minimum Gasteiger partial charge on any atom is -0.324 e. The highest BCUT2D eigenvalue weighted by molar-refractivity contribution is 7.98. The molecule has 150 valence electrons. The number of anilines is 1. The van der Waals surface area contributed by atoms with Gasteiger partial charge in [0.1, 0.15) is 5.54 Å². The summed E-state index contributed by atoms with van der Waals surface area (Å²) in [4.78, 5) is 41.5. The minimum absolute atomic E-state index is 0.131. The maximum Gasteiger partial charge on any atom is 0.250 e. The molecule has 3 aliphatic rings. The first-order valence-corrected chi connectivity index (χ1v) is 11.3. The Morgan fingerprint density at radius 2 is 2.00 bits per heavy atom. The van der Waals surface area contributed by atoms with Crippen molar-refractivity contribution in [1.82, 2.24) is 10.2 Å². The van der Waals surface area contributed by atoms with Crippen molar-refractivity contribution in [2.24, 2.45) is 11.8 Å². The molecule has 5 unspecified atom stereocenters. The first kappa shape index (κ1) is 19.5. The van der Waals surface area contributed by atoms with Gasteiger partial charge < -0.3 is 5.32 Å². The number of likely N-dealkylation sites (tertiary alicyclic amines) is 1. The van der Waals surface area contributed by atoms with Gasteiger partial charge in [-0.25, -0.2) is 0 Å². The van der Waals surface area contributed by atoms with E-state index in [2.05, 4.69) is 10.6 Å². The van der Waals surface area contributed by atoms with Crippen LogP contribution >= 0.6 is 11.8 Å². The summed E-state index contributed by atoms with van der Waals surface area (Å²) in [5.41, 5.74) is 1.39. The summed E-state index contributed by atoms with van der Waals surface area (Å²) < 4.78 is 0. The zero-order valence-electron chi connectivity index (χ0n) is 16.7. The van der Waals surface area contributed by atoms with E-state index in [0.29, 0.717) is 6.42 Å². The van der Waals surface area contributed by atoms with E-state index < -0.39 is 17.4 Å². The van der Waals surface area contributed by atoms with Gasteiger partial charge >= 0.3 is 0 Å². The highest BCUT2D eigenvalue weighted by Crippen LogP contribution is 2.53. The summed E-state index contributed by atoms with van der Waals surface area (Å²) in [7, 11) is 0. The molecule has 2 saturated heterocycles. The molecular formula is C21H27N3O3S. The molecular weight excluding hydrogens is 374 g/mol. The van der Waals surface area contributed by atoms with Crippen LogP contribution in [0.5, 0.6) is 0 Å². The number of imide groups is 1. The van der Waals surface area contributed by atoms with E-state index in [1.807, 2.05) is 45.2 Å². The Bertz CT molecular complexity index is 857. The van der Waals surface area contributed by atoms with Gasteiger partial charge in [0.05, 0.1) is 11.8 Å². The van der Waals surface area contributed by atoms with Crippen molar-refractivity contribution in [1.29, 1.82) is 0 Å². The molecule has 7 heteroatoms. The van der Waals surface area contributed by atoms with Crippen LogP contribution in [-0.4, -0.2) is 46.7 Å². The molecule has 2 N–H and O–H groups in total. The fourth-order valence-electron chi connectivity index (χ4n) is 5.05. The van der Waals surface area contributed by atoms with Crippen LogP contribution in [0.25, 0.3) is 0 Å². The number of benzene rings is 1. The molecule has 3 aliphatic heterocycles. The number of thioether (sulfide) groups is 1. The molecule has 3 heterocycles. The Balaban J connectivity index is 1.86. The van der Waals surface area contributed by atoms with Crippen LogP contribution in [0.4, 0.5) is 5.69 Å². The van der Waals surface area contributed by atoms with E-state index in [4.69, 9.17) is 0 Å². The van der Waals surface area contributed by atoms with Crippen molar-refractivity contribution in [2.75, 3.05) is 17.3 Å². The topological polar surface area (TPSA) is 78.5 Å². The van der Waals surface area contributed by atoms with Crippen LogP contribution in [0, 0.1) is 18.8 Å². The van der Waals surface area contributed by atoms with Gasteiger partial charge in [-0.2, -0.15) is 11.8 Å². The molecule has 4 rings (SSSR count). The van der Waals surface area contributed by atoms with E-state index in [0.717, 1.165) is 29.0 Å². The van der Waals surface area contributed by atoms with Gasteiger partial charge in [0, 0.05) is 23.3 Å². The summed E-state index contributed by atoms with van der Waals surface area (Å²) in [5, 5.41) is 6.43. The van der Waals surface area contributed by atoms with E-state index >= 15 is 0 Å². The number of nitrogens with zero attached hydrogens (tertiary/aromatic N) is 1. The van der Waals surface area contributed by atoms with Crippen molar-refractivity contribution in [3.8, 4) is 0 Å². The van der Waals surface area contributed by atoms with E-state index in [1.165, 1.54) is 4.90 Å². The molecule has 0 aromatic heterocycles. The lowest BCUT2D eigenvalue weighted by molar-refractivity contribution is -0.145. The van der Waals surface area contributed by atoms with Crippen LogP contribution in [0.15, 0.2) is 18.2 Å². The Hall–Kier alpha value is -1.86. The fourth-order valence-corrected chi connectivity index (χ4v) is 5.54. The third-order valence-corrected chi connectivity index (χ3v) is 7.21. The molecule has 1 aromatic rings. The normalized spacial score (nSPS) is 32.1. The number of aryl methyl sites for hydroxylation is 1. The lowest BCUT2D eigenvalue weighted by Crippen LogP contribution is -2.54. The molecule has 2 fully saturated rings. The number of hydrogen-bond donors (Lipinski definition) is 2. The molecule has 1 aromatic carbocycles. The Labute approximate surface area is 169 Å².